The molecule has 3 rings (SSSR count). The van der Waals surface area contributed by atoms with E-state index in [4.69, 9.17) is 14.2 Å². The molecule has 2 aromatic carbocycles. The molecule has 1 amide bonds. The molecule has 1 fully saturated rings. The summed E-state index contributed by atoms with van der Waals surface area (Å²) in [5.74, 6) is -11.8. The molecule has 10 nitrogen and oxygen atoms in total. The molecule has 0 heterocycles. The summed E-state index contributed by atoms with van der Waals surface area (Å²) >= 11 is 0. The van der Waals surface area contributed by atoms with Gasteiger partial charge in [-0.05, 0) is 43.7 Å². The van der Waals surface area contributed by atoms with Crippen molar-refractivity contribution >= 4 is 41.1 Å². The topological polar surface area (TPSA) is 142 Å². The van der Waals surface area contributed by atoms with Gasteiger partial charge in [-0.15, -0.1) is 0 Å². The molecule has 1 aliphatic rings. The van der Waals surface area contributed by atoms with Crippen LogP contribution >= 0.6 is 0 Å². The summed E-state index contributed by atoms with van der Waals surface area (Å²) in [5.41, 5.74) is 0.590. The predicted molar refractivity (Wildman–Crippen MR) is 129 cm³/mol. The lowest BCUT2D eigenvalue weighted by Gasteiger charge is -2.37. The molecule has 37 heavy (non-hydrogen) atoms. The third-order valence-electron chi connectivity index (χ3n) is 5.81. The largest absolute Gasteiger partial charge is 0.465 e. The molecule has 0 radical (unpaired) electrons. The van der Waals surface area contributed by atoms with Crippen LogP contribution in [0.5, 0.6) is 5.75 Å². The van der Waals surface area contributed by atoms with Gasteiger partial charge >= 0.3 is 17.9 Å². The highest BCUT2D eigenvalue weighted by Crippen LogP contribution is 2.43. The number of ether oxygens (including phenoxy) is 3. The van der Waals surface area contributed by atoms with Gasteiger partial charge in [-0.3, -0.25) is 28.8 Å². The Morgan fingerprint density at radius 1 is 0.784 bits per heavy atom. The van der Waals surface area contributed by atoms with E-state index >= 15 is 0 Å². The maximum absolute atomic E-state index is 13.6. The number of amides is 1. The lowest BCUT2D eigenvalue weighted by molar-refractivity contribution is -0.164. The van der Waals surface area contributed by atoms with Crippen molar-refractivity contribution < 1.29 is 43.0 Å². The van der Waals surface area contributed by atoms with Crippen molar-refractivity contribution in [2.45, 2.75) is 26.7 Å². The number of benzene rings is 2. The van der Waals surface area contributed by atoms with Gasteiger partial charge in [0.05, 0.1) is 13.2 Å². The number of esters is 3. The van der Waals surface area contributed by atoms with E-state index in [9.17, 15) is 28.8 Å². The number of carbonyl (C=O) groups is 6. The van der Waals surface area contributed by atoms with E-state index in [0.717, 1.165) is 0 Å². The van der Waals surface area contributed by atoms with Crippen molar-refractivity contribution in [1.82, 2.24) is 0 Å². The number of hydrogen-bond donors (Lipinski definition) is 1. The monoisotopic (exact) mass is 509 g/mol. The Labute approximate surface area is 213 Å². The van der Waals surface area contributed by atoms with Gasteiger partial charge < -0.3 is 19.5 Å². The van der Waals surface area contributed by atoms with E-state index in [-0.39, 0.29) is 24.5 Å². The lowest BCUT2D eigenvalue weighted by Crippen LogP contribution is -2.55. The number of nitrogens with one attached hydrogen (secondary N) is 1. The highest BCUT2D eigenvalue weighted by atomic mass is 16.5. The number of anilines is 1. The third-order valence-corrected chi connectivity index (χ3v) is 5.81. The van der Waals surface area contributed by atoms with E-state index in [1.807, 2.05) is 0 Å². The number of carbonyl (C=O) groups excluding carboxylic acids is 6. The predicted octanol–water partition coefficient (Wildman–Crippen LogP) is 2.46. The van der Waals surface area contributed by atoms with Crippen LogP contribution in [0.15, 0.2) is 54.6 Å². The maximum atomic E-state index is 13.6. The van der Waals surface area contributed by atoms with Gasteiger partial charge in [0, 0.05) is 18.5 Å². The molecule has 0 bridgehead atoms. The molecule has 1 aliphatic carbocycles. The fourth-order valence-corrected chi connectivity index (χ4v) is 4.34. The fourth-order valence-electron chi connectivity index (χ4n) is 4.34. The number of ketones is 2. The van der Waals surface area contributed by atoms with Crippen molar-refractivity contribution in [3.05, 3.63) is 60.2 Å². The van der Waals surface area contributed by atoms with Gasteiger partial charge in [0.2, 0.25) is 5.91 Å². The maximum Gasteiger partial charge on any atom is 0.317 e. The second-order valence-electron chi connectivity index (χ2n) is 8.24. The van der Waals surface area contributed by atoms with Crippen LogP contribution in [0.2, 0.25) is 0 Å². The zero-order valence-corrected chi connectivity index (χ0v) is 20.6. The number of hydrogen-bond acceptors (Lipinski definition) is 9. The smallest absolute Gasteiger partial charge is 0.317 e. The molecule has 194 valence electrons. The summed E-state index contributed by atoms with van der Waals surface area (Å²) in [4.78, 5) is 77.7. The zero-order chi connectivity index (χ0) is 27.1. The third kappa shape index (κ3) is 6.08. The summed E-state index contributed by atoms with van der Waals surface area (Å²) in [6, 6.07) is 13.8. The molecule has 2 atom stereocenters. The standard InChI is InChI=1S/C27H27NO9/c1-4-35-26(33)20-19(16-11-13-18(14-12-16)37-15(3)29)21(27(34)36-5-2)24(31)22(23(20)30)25(32)28-17-9-7-6-8-10-17/h6-14,19-22H,4-5H2,1-3H3,(H,28,32). The minimum atomic E-state index is -1.93. The van der Waals surface area contributed by atoms with Crippen LogP contribution < -0.4 is 10.1 Å². The van der Waals surface area contributed by atoms with Crippen LogP contribution in [0.3, 0.4) is 0 Å². The molecule has 0 spiro atoms. The summed E-state index contributed by atoms with van der Waals surface area (Å²) in [7, 11) is 0. The average Bonchev–Trinajstić information content (AvgIpc) is 2.84. The molecule has 0 saturated heterocycles. The van der Waals surface area contributed by atoms with Crippen molar-refractivity contribution in [1.29, 1.82) is 0 Å². The normalized spacial score (nSPS) is 21.1. The van der Waals surface area contributed by atoms with E-state index in [2.05, 4.69) is 5.32 Å². The van der Waals surface area contributed by atoms with Crippen LogP contribution in [0.25, 0.3) is 0 Å². The molecule has 1 N–H and O–H groups in total. The second kappa shape index (κ2) is 12.1. The Hall–Kier alpha value is -4.34. The summed E-state index contributed by atoms with van der Waals surface area (Å²) in [6.07, 6.45) is 0. The van der Waals surface area contributed by atoms with E-state index in [1.54, 1.807) is 44.2 Å². The van der Waals surface area contributed by atoms with Crippen LogP contribution in [0.1, 0.15) is 32.3 Å². The second-order valence-corrected chi connectivity index (χ2v) is 8.24. The highest BCUT2D eigenvalue weighted by Gasteiger charge is 2.58. The Bertz CT molecular complexity index is 1150. The highest BCUT2D eigenvalue weighted by molar-refractivity contribution is 6.30. The van der Waals surface area contributed by atoms with Crippen molar-refractivity contribution in [3.63, 3.8) is 0 Å². The van der Waals surface area contributed by atoms with Crippen LogP contribution in [-0.2, 0) is 38.2 Å². The Morgan fingerprint density at radius 2 is 1.30 bits per heavy atom. The molecular formula is C27H27NO9. The first-order valence-corrected chi connectivity index (χ1v) is 11.7. The molecule has 10 heteroatoms. The Morgan fingerprint density at radius 3 is 1.76 bits per heavy atom. The van der Waals surface area contributed by atoms with Crippen molar-refractivity contribution in [2.75, 3.05) is 18.5 Å². The van der Waals surface area contributed by atoms with Crippen molar-refractivity contribution in [3.8, 4) is 5.75 Å². The Kier molecular flexibility index (Phi) is 8.89. The summed E-state index contributed by atoms with van der Waals surface area (Å²) in [5, 5.41) is 2.50. The van der Waals surface area contributed by atoms with Gasteiger partial charge in [0.15, 0.2) is 17.5 Å². The summed E-state index contributed by atoms with van der Waals surface area (Å²) < 4.78 is 15.3. The molecule has 0 aromatic heterocycles. The molecule has 1 saturated carbocycles. The van der Waals surface area contributed by atoms with Crippen LogP contribution in [-0.4, -0.2) is 48.6 Å². The average molecular weight is 510 g/mol. The number of para-hydroxylation sites is 1. The van der Waals surface area contributed by atoms with Gasteiger partial charge in [-0.1, -0.05) is 30.3 Å². The first kappa shape index (κ1) is 27.3. The summed E-state index contributed by atoms with van der Waals surface area (Å²) in [6.45, 7) is 4.17. The van der Waals surface area contributed by atoms with Gasteiger partial charge in [0.1, 0.15) is 17.6 Å². The van der Waals surface area contributed by atoms with Gasteiger partial charge in [-0.25, -0.2) is 0 Å². The van der Waals surface area contributed by atoms with E-state index in [1.165, 1.54) is 31.2 Å². The van der Waals surface area contributed by atoms with E-state index in [0.29, 0.717) is 5.69 Å². The van der Waals surface area contributed by atoms with Crippen LogP contribution in [0, 0.1) is 17.8 Å². The molecule has 2 unspecified atom stereocenters. The molecule has 0 aliphatic heterocycles. The first-order chi connectivity index (χ1) is 17.7. The zero-order valence-electron chi connectivity index (χ0n) is 20.6. The van der Waals surface area contributed by atoms with Gasteiger partial charge in [0.25, 0.3) is 0 Å². The molecule has 2 aromatic rings. The van der Waals surface area contributed by atoms with E-state index < -0.39 is 59.1 Å². The minimum absolute atomic E-state index is 0.0698. The van der Waals surface area contributed by atoms with Crippen LogP contribution in [0.4, 0.5) is 5.69 Å². The SMILES string of the molecule is CCOC(=O)C1C(=O)C(C(=O)Nc2ccccc2)C(=O)C(C(=O)OCC)C1c1ccc(OC(C)=O)cc1. The van der Waals surface area contributed by atoms with Crippen molar-refractivity contribution in [2.24, 2.45) is 17.8 Å². The van der Waals surface area contributed by atoms with Gasteiger partial charge in [-0.2, -0.15) is 0 Å². The Balaban J connectivity index is 2.10. The quantitative estimate of drug-likeness (QED) is 0.322. The number of rotatable bonds is 8. The number of Topliss-reactive ketones (excluding diaryl/α,β-unsaturated/α-hetero) is 2. The minimum Gasteiger partial charge on any atom is -0.465 e. The molecular weight excluding hydrogens is 482 g/mol. The lowest BCUT2D eigenvalue weighted by atomic mass is 9.63. The first-order valence-electron chi connectivity index (χ1n) is 11.7. The fraction of sp³-hybridized carbons (Fsp3) is 0.333.